The zero-order valence-corrected chi connectivity index (χ0v) is 21.2. The van der Waals surface area contributed by atoms with Gasteiger partial charge >= 0.3 is 6.36 Å². The molecule has 1 unspecified atom stereocenters. The number of carbonyl (C=O) groups is 2. The summed E-state index contributed by atoms with van der Waals surface area (Å²) in [6.07, 6.45) is -0.114. The summed E-state index contributed by atoms with van der Waals surface area (Å²) in [7, 11) is 0. The van der Waals surface area contributed by atoms with Crippen LogP contribution in [0.4, 0.5) is 13.2 Å². The van der Waals surface area contributed by atoms with Crippen LogP contribution in [0.15, 0.2) is 53.0 Å². The molecule has 0 bridgehead atoms. The van der Waals surface area contributed by atoms with E-state index in [0.29, 0.717) is 24.8 Å². The van der Waals surface area contributed by atoms with Crippen molar-refractivity contribution in [2.24, 2.45) is 5.73 Å². The van der Waals surface area contributed by atoms with Gasteiger partial charge in [-0.15, -0.1) is 13.2 Å². The number of halogens is 4. The Hall–Kier alpha value is -2.59. The molecule has 194 valence electrons. The van der Waals surface area contributed by atoms with Crippen molar-refractivity contribution in [1.29, 1.82) is 0 Å². The number of hydrogen-bond donors (Lipinski definition) is 3. The number of nitrogens with one attached hydrogen (secondary N) is 2. The number of carbonyl (C=O) groups excluding carboxylic acids is 2. The van der Waals surface area contributed by atoms with Crippen LogP contribution in [0.3, 0.4) is 0 Å². The van der Waals surface area contributed by atoms with Crippen LogP contribution in [-0.2, 0) is 21.4 Å². The molecule has 2 aliphatic rings. The number of benzene rings is 2. The monoisotopic (exact) mass is 567 g/mol. The summed E-state index contributed by atoms with van der Waals surface area (Å²) in [6.45, 7) is 0. The van der Waals surface area contributed by atoms with Gasteiger partial charge in [-0.05, 0) is 73.9 Å². The lowest BCUT2D eigenvalue weighted by molar-refractivity contribution is -0.274. The molecule has 0 spiro atoms. The summed E-state index contributed by atoms with van der Waals surface area (Å²) < 4.78 is 42.3. The Morgan fingerprint density at radius 1 is 1.03 bits per heavy atom. The van der Waals surface area contributed by atoms with E-state index in [1.807, 2.05) is 24.3 Å². The standard InChI is InChI=1S/C26H29BrF3N3O3/c27-18-5-1-16(2-6-18)15-22(23(34)32-20-9-7-19(31)8-10-20)33-24(35)25(13-14-25)17-3-11-21(12-4-17)36-26(28,29)30/h1-6,11-12,19-20,22H,7-10,13-15,31H2,(H,32,34)(H,33,35). The maximum atomic E-state index is 13.4. The molecule has 1 atom stereocenters. The summed E-state index contributed by atoms with van der Waals surface area (Å²) in [4.78, 5) is 26.7. The van der Waals surface area contributed by atoms with Gasteiger partial charge in [0.2, 0.25) is 11.8 Å². The van der Waals surface area contributed by atoms with Gasteiger partial charge in [-0.2, -0.15) is 0 Å². The van der Waals surface area contributed by atoms with E-state index in [2.05, 4.69) is 31.3 Å². The Kier molecular flexibility index (Phi) is 7.94. The molecule has 2 amide bonds. The molecule has 0 heterocycles. The third-order valence-corrected chi connectivity index (χ3v) is 7.45. The number of ether oxygens (including phenoxy) is 1. The van der Waals surface area contributed by atoms with Crippen molar-refractivity contribution in [1.82, 2.24) is 10.6 Å². The first-order chi connectivity index (χ1) is 17.0. The van der Waals surface area contributed by atoms with Gasteiger partial charge in [0.25, 0.3) is 0 Å². The lowest BCUT2D eigenvalue weighted by atomic mass is 9.91. The van der Waals surface area contributed by atoms with Gasteiger partial charge in [0.15, 0.2) is 0 Å². The van der Waals surface area contributed by atoms with Crippen molar-refractivity contribution in [3.8, 4) is 5.75 Å². The molecule has 36 heavy (non-hydrogen) atoms. The third-order valence-electron chi connectivity index (χ3n) is 6.92. The van der Waals surface area contributed by atoms with Crippen molar-refractivity contribution in [3.05, 3.63) is 64.1 Å². The number of hydrogen-bond acceptors (Lipinski definition) is 4. The fourth-order valence-corrected chi connectivity index (χ4v) is 4.94. The minimum Gasteiger partial charge on any atom is -0.406 e. The molecular weight excluding hydrogens is 539 g/mol. The van der Waals surface area contributed by atoms with Crippen LogP contribution < -0.4 is 21.1 Å². The first-order valence-electron chi connectivity index (χ1n) is 12.0. The SMILES string of the molecule is NC1CCC(NC(=O)C(Cc2ccc(Br)cc2)NC(=O)C2(c3ccc(OC(F)(F)F)cc3)CC2)CC1. The molecular formula is C26H29BrF3N3O3. The van der Waals surface area contributed by atoms with Crippen molar-refractivity contribution in [2.75, 3.05) is 0 Å². The third kappa shape index (κ3) is 6.79. The highest BCUT2D eigenvalue weighted by molar-refractivity contribution is 9.10. The molecule has 0 radical (unpaired) electrons. The number of rotatable bonds is 8. The minimum absolute atomic E-state index is 0.0117. The largest absolute Gasteiger partial charge is 0.573 e. The highest BCUT2D eigenvalue weighted by Gasteiger charge is 2.52. The van der Waals surface area contributed by atoms with Crippen molar-refractivity contribution in [2.45, 2.75) is 74.8 Å². The van der Waals surface area contributed by atoms with E-state index in [1.54, 1.807) is 0 Å². The predicted molar refractivity (Wildman–Crippen MR) is 132 cm³/mol. The highest BCUT2D eigenvalue weighted by Crippen LogP contribution is 2.49. The zero-order chi connectivity index (χ0) is 25.9. The van der Waals surface area contributed by atoms with Gasteiger partial charge in [0.1, 0.15) is 11.8 Å². The van der Waals surface area contributed by atoms with Crippen LogP contribution in [0.25, 0.3) is 0 Å². The number of alkyl halides is 3. The molecule has 2 aromatic rings. The van der Waals surface area contributed by atoms with Gasteiger partial charge in [0, 0.05) is 23.0 Å². The van der Waals surface area contributed by atoms with Gasteiger partial charge < -0.3 is 21.1 Å². The van der Waals surface area contributed by atoms with Gasteiger partial charge in [0.05, 0.1) is 5.41 Å². The topological polar surface area (TPSA) is 93.5 Å². The van der Waals surface area contributed by atoms with E-state index in [1.165, 1.54) is 24.3 Å². The van der Waals surface area contributed by atoms with E-state index in [4.69, 9.17) is 5.73 Å². The second kappa shape index (κ2) is 10.8. The number of amides is 2. The molecule has 4 rings (SSSR count). The molecule has 4 N–H and O–H groups in total. The minimum atomic E-state index is -4.78. The Bertz CT molecular complexity index is 1060. The van der Waals surface area contributed by atoms with Crippen LogP contribution in [-0.4, -0.2) is 36.3 Å². The molecule has 10 heteroatoms. The van der Waals surface area contributed by atoms with Crippen LogP contribution in [0.1, 0.15) is 49.7 Å². The average Bonchev–Trinajstić information content (AvgIpc) is 3.63. The van der Waals surface area contributed by atoms with E-state index in [0.717, 1.165) is 35.7 Å². The summed E-state index contributed by atoms with van der Waals surface area (Å²) in [5.74, 6) is -0.909. The molecule has 2 fully saturated rings. The molecule has 0 saturated heterocycles. The molecule has 0 aromatic heterocycles. The summed E-state index contributed by atoms with van der Waals surface area (Å²) in [5, 5.41) is 6.01. The van der Waals surface area contributed by atoms with E-state index in [9.17, 15) is 22.8 Å². The molecule has 6 nitrogen and oxygen atoms in total. The lowest BCUT2D eigenvalue weighted by Crippen LogP contribution is -2.53. The lowest BCUT2D eigenvalue weighted by Gasteiger charge is -2.29. The van der Waals surface area contributed by atoms with Crippen LogP contribution in [0, 0.1) is 0 Å². The van der Waals surface area contributed by atoms with E-state index >= 15 is 0 Å². The quantitative estimate of drug-likeness (QED) is 0.438. The fourth-order valence-electron chi connectivity index (χ4n) is 4.67. The Balaban J connectivity index is 1.47. The summed E-state index contributed by atoms with van der Waals surface area (Å²) in [5.41, 5.74) is 6.60. The molecule has 2 aromatic carbocycles. The van der Waals surface area contributed by atoms with Gasteiger partial charge in [-0.25, -0.2) is 0 Å². The number of nitrogens with two attached hydrogens (primary N) is 1. The Morgan fingerprint density at radius 3 is 2.19 bits per heavy atom. The highest BCUT2D eigenvalue weighted by atomic mass is 79.9. The maximum absolute atomic E-state index is 13.4. The van der Waals surface area contributed by atoms with Crippen molar-refractivity contribution in [3.63, 3.8) is 0 Å². The van der Waals surface area contributed by atoms with Crippen molar-refractivity contribution >= 4 is 27.7 Å². The van der Waals surface area contributed by atoms with E-state index in [-0.39, 0.29) is 29.6 Å². The molecule has 2 aliphatic carbocycles. The van der Waals surface area contributed by atoms with Crippen LogP contribution >= 0.6 is 15.9 Å². The molecule has 2 saturated carbocycles. The predicted octanol–water partition coefficient (Wildman–Crippen LogP) is 4.49. The van der Waals surface area contributed by atoms with E-state index < -0.39 is 17.8 Å². The second-order valence-electron chi connectivity index (χ2n) is 9.63. The van der Waals surface area contributed by atoms with Gasteiger partial charge in [-0.3, -0.25) is 9.59 Å². The Labute approximate surface area is 216 Å². The summed E-state index contributed by atoms with van der Waals surface area (Å²) in [6, 6.07) is 12.3. The van der Waals surface area contributed by atoms with Crippen LogP contribution in [0.5, 0.6) is 5.75 Å². The zero-order valence-electron chi connectivity index (χ0n) is 19.6. The first kappa shape index (κ1) is 26.5. The normalized spacial score (nSPS) is 21.8. The van der Waals surface area contributed by atoms with Crippen LogP contribution in [0.2, 0.25) is 0 Å². The average molecular weight is 568 g/mol. The van der Waals surface area contributed by atoms with Gasteiger partial charge in [-0.1, -0.05) is 40.2 Å². The second-order valence-corrected chi connectivity index (χ2v) is 10.5. The maximum Gasteiger partial charge on any atom is 0.573 e. The fraction of sp³-hybridized carbons (Fsp3) is 0.462. The molecule has 0 aliphatic heterocycles. The summed E-state index contributed by atoms with van der Waals surface area (Å²) >= 11 is 3.40. The Morgan fingerprint density at radius 2 is 1.64 bits per heavy atom. The smallest absolute Gasteiger partial charge is 0.406 e. The van der Waals surface area contributed by atoms with Crippen molar-refractivity contribution < 1.29 is 27.5 Å². The first-order valence-corrected chi connectivity index (χ1v) is 12.8.